The first-order valence-electron chi connectivity index (χ1n) is 13.9. The minimum Gasteiger partial charge on any atom is -0.463 e. The first-order valence-corrected chi connectivity index (χ1v) is 13.9. The van der Waals surface area contributed by atoms with Gasteiger partial charge in [0, 0.05) is 18.7 Å². The van der Waals surface area contributed by atoms with Gasteiger partial charge < -0.3 is 14.4 Å². The van der Waals surface area contributed by atoms with E-state index >= 15 is 0 Å². The molecular weight excluding hydrogens is 414 g/mol. The fraction of sp³-hybridized carbons (Fsp3) is 0.857. The zero-order valence-electron chi connectivity index (χ0n) is 22.1. The topological polar surface area (TPSA) is 55.8 Å². The highest BCUT2D eigenvalue weighted by molar-refractivity contribution is 5.91. The molecule has 0 amide bonds. The van der Waals surface area contributed by atoms with Crippen LogP contribution in [-0.2, 0) is 19.1 Å². The Kier molecular flexibility index (Phi) is 24.2. The summed E-state index contributed by atoms with van der Waals surface area (Å²) in [5, 5.41) is 0. The number of nitrogens with zero attached hydrogens (tertiary/aromatic N) is 1. The molecular formula is C28H53NO4. The van der Waals surface area contributed by atoms with Crippen LogP contribution in [0.25, 0.3) is 0 Å². The highest BCUT2D eigenvalue weighted by Crippen LogP contribution is 2.13. The molecule has 0 atom stereocenters. The molecule has 5 nitrogen and oxygen atoms in total. The van der Waals surface area contributed by atoms with Gasteiger partial charge in [0.15, 0.2) is 0 Å². The minimum atomic E-state index is -0.499. The van der Waals surface area contributed by atoms with Crippen LogP contribution in [0.2, 0.25) is 0 Å². The van der Waals surface area contributed by atoms with Crippen LogP contribution in [0.3, 0.4) is 0 Å². The standard InChI is InChI=1S/C28H53NO4/c1-4-7-8-9-10-11-12-13-14-15-16-17-18-19-20-21-25-32-27(30)22-23-28(31)33-26-24-29(5-2)6-3/h22-23H,4-21,24-26H2,1-3H3/b23-22+. The third kappa shape index (κ3) is 23.6. The Morgan fingerprint density at radius 2 is 0.909 bits per heavy atom. The van der Waals surface area contributed by atoms with Gasteiger partial charge in [0.05, 0.1) is 6.61 Å². The maximum atomic E-state index is 11.7. The van der Waals surface area contributed by atoms with E-state index in [1.807, 2.05) is 0 Å². The highest BCUT2D eigenvalue weighted by atomic mass is 16.5. The lowest BCUT2D eigenvalue weighted by molar-refractivity contribution is -0.140. The van der Waals surface area contributed by atoms with Gasteiger partial charge in [-0.15, -0.1) is 0 Å². The Labute approximate surface area is 204 Å². The van der Waals surface area contributed by atoms with Crippen molar-refractivity contribution in [1.82, 2.24) is 4.90 Å². The summed E-state index contributed by atoms with van der Waals surface area (Å²) >= 11 is 0. The lowest BCUT2D eigenvalue weighted by atomic mass is 10.0. The summed E-state index contributed by atoms with van der Waals surface area (Å²) < 4.78 is 10.2. The van der Waals surface area contributed by atoms with Crippen molar-refractivity contribution in [2.75, 3.05) is 32.8 Å². The van der Waals surface area contributed by atoms with Gasteiger partial charge in [-0.3, -0.25) is 0 Å². The summed E-state index contributed by atoms with van der Waals surface area (Å²) in [6.45, 7) is 9.72. The molecule has 0 fully saturated rings. The molecule has 0 heterocycles. The van der Waals surface area contributed by atoms with E-state index < -0.39 is 11.9 Å². The summed E-state index contributed by atoms with van der Waals surface area (Å²) in [6.07, 6.45) is 23.4. The monoisotopic (exact) mass is 467 g/mol. The predicted octanol–water partition coefficient (Wildman–Crippen LogP) is 7.23. The summed E-state index contributed by atoms with van der Waals surface area (Å²) in [5.41, 5.74) is 0. The summed E-state index contributed by atoms with van der Waals surface area (Å²) in [6, 6.07) is 0. The third-order valence-corrected chi connectivity index (χ3v) is 6.14. The van der Waals surface area contributed by atoms with E-state index in [1.165, 1.54) is 89.9 Å². The third-order valence-electron chi connectivity index (χ3n) is 6.14. The van der Waals surface area contributed by atoms with Gasteiger partial charge in [-0.1, -0.05) is 117 Å². The Morgan fingerprint density at radius 1 is 0.545 bits per heavy atom. The average molecular weight is 468 g/mol. The molecule has 194 valence electrons. The molecule has 0 aliphatic rings. The lowest BCUT2D eigenvalue weighted by Gasteiger charge is -2.16. The molecule has 0 saturated heterocycles. The zero-order valence-corrected chi connectivity index (χ0v) is 22.1. The van der Waals surface area contributed by atoms with Crippen LogP contribution in [0.4, 0.5) is 0 Å². The van der Waals surface area contributed by atoms with Crippen molar-refractivity contribution in [1.29, 1.82) is 0 Å². The minimum absolute atomic E-state index is 0.332. The predicted molar refractivity (Wildman–Crippen MR) is 138 cm³/mol. The molecule has 0 spiro atoms. The van der Waals surface area contributed by atoms with Crippen LogP contribution in [0.1, 0.15) is 124 Å². The second-order valence-corrected chi connectivity index (χ2v) is 9.00. The van der Waals surface area contributed by atoms with E-state index in [0.29, 0.717) is 19.8 Å². The van der Waals surface area contributed by atoms with Crippen LogP contribution >= 0.6 is 0 Å². The van der Waals surface area contributed by atoms with Crippen LogP contribution in [0, 0.1) is 0 Å². The number of rotatable bonds is 24. The second-order valence-electron chi connectivity index (χ2n) is 9.00. The first-order chi connectivity index (χ1) is 16.1. The quantitative estimate of drug-likeness (QED) is 0.0851. The van der Waals surface area contributed by atoms with Gasteiger partial charge in [0.25, 0.3) is 0 Å². The van der Waals surface area contributed by atoms with Crippen molar-refractivity contribution >= 4 is 11.9 Å². The maximum absolute atomic E-state index is 11.7. The Hall–Kier alpha value is -1.36. The van der Waals surface area contributed by atoms with Crippen LogP contribution < -0.4 is 0 Å². The second kappa shape index (κ2) is 25.3. The Bertz CT molecular complexity index is 475. The number of likely N-dealkylation sites (N-methyl/N-ethyl adjacent to an activating group) is 1. The average Bonchev–Trinajstić information content (AvgIpc) is 2.82. The molecule has 0 radical (unpaired) electrons. The molecule has 0 aromatic rings. The van der Waals surface area contributed by atoms with Gasteiger partial charge >= 0.3 is 11.9 Å². The Balaban J connectivity index is 3.38. The van der Waals surface area contributed by atoms with Gasteiger partial charge in [0.1, 0.15) is 6.61 Å². The van der Waals surface area contributed by atoms with E-state index in [4.69, 9.17) is 9.47 Å². The van der Waals surface area contributed by atoms with E-state index in [1.54, 1.807) is 0 Å². The molecule has 0 aromatic heterocycles. The molecule has 0 rings (SSSR count). The number of carbonyl (C=O) groups is 2. The van der Waals surface area contributed by atoms with E-state index in [-0.39, 0.29) is 0 Å². The van der Waals surface area contributed by atoms with Crippen molar-refractivity contribution in [2.45, 2.75) is 124 Å². The number of hydrogen-bond donors (Lipinski definition) is 0. The van der Waals surface area contributed by atoms with E-state index in [9.17, 15) is 9.59 Å². The van der Waals surface area contributed by atoms with Gasteiger partial charge in [-0.05, 0) is 19.5 Å². The van der Waals surface area contributed by atoms with Crippen LogP contribution in [0.5, 0.6) is 0 Å². The van der Waals surface area contributed by atoms with E-state index in [2.05, 4.69) is 25.7 Å². The number of esters is 2. The molecule has 0 aliphatic carbocycles. The summed E-state index contributed by atoms with van der Waals surface area (Å²) in [4.78, 5) is 25.4. The molecule has 0 unspecified atom stereocenters. The van der Waals surface area contributed by atoms with Crippen LogP contribution in [-0.4, -0.2) is 49.7 Å². The van der Waals surface area contributed by atoms with Gasteiger partial charge in [-0.25, -0.2) is 9.59 Å². The summed E-state index contributed by atoms with van der Waals surface area (Å²) in [5.74, 6) is -0.974. The lowest BCUT2D eigenvalue weighted by Crippen LogP contribution is -2.27. The maximum Gasteiger partial charge on any atom is 0.331 e. The molecule has 0 aromatic carbocycles. The van der Waals surface area contributed by atoms with Gasteiger partial charge in [-0.2, -0.15) is 0 Å². The number of unbranched alkanes of at least 4 members (excludes halogenated alkanes) is 15. The summed E-state index contributed by atoms with van der Waals surface area (Å²) in [7, 11) is 0. The smallest absolute Gasteiger partial charge is 0.331 e. The number of carbonyl (C=O) groups excluding carboxylic acids is 2. The van der Waals surface area contributed by atoms with Crippen molar-refractivity contribution in [3.8, 4) is 0 Å². The molecule has 0 bridgehead atoms. The van der Waals surface area contributed by atoms with Crippen molar-refractivity contribution in [3.63, 3.8) is 0 Å². The van der Waals surface area contributed by atoms with Crippen LogP contribution in [0.15, 0.2) is 12.2 Å². The molecule has 0 aliphatic heterocycles. The normalized spacial score (nSPS) is 11.4. The fourth-order valence-electron chi connectivity index (χ4n) is 3.87. The van der Waals surface area contributed by atoms with Crippen molar-refractivity contribution in [3.05, 3.63) is 12.2 Å². The molecule has 0 N–H and O–H groups in total. The molecule has 0 saturated carbocycles. The van der Waals surface area contributed by atoms with Crippen molar-refractivity contribution in [2.24, 2.45) is 0 Å². The largest absolute Gasteiger partial charge is 0.463 e. The fourth-order valence-corrected chi connectivity index (χ4v) is 3.87. The molecule has 33 heavy (non-hydrogen) atoms. The first kappa shape index (κ1) is 31.6. The van der Waals surface area contributed by atoms with E-state index in [0.717, 1.165) is 38.1 Å². The van der Waals surface area contributed by atoms with Gasteiger partial charge in [0.2, 0.25) is 0 Å². The van der Waals surface area contributed by atoms with Crippen molar-refractivity contribution < 1.29 is 19.1 Å². The highest BCUT2D eigenvalue weighted by Gasteiger charge is 2.03. The number of ether oxygens (including phenoxy) is 2. The number of hydrogen-bond acceptors (Lipinski definition) is 5. The molecule has 5 heteroatoms. The SMILES string of the molecule is CCCCCCCCCCCCCCCCCCOC(=O)/C=C/C(=O)OCCN(CC)CC. The Morgan fingerprint density at radius 3 is 1.30 bits per heavy atom. The zero-order chi connectivity index (χ0) is 24.4.